The van der Waals surface area contributed by atoms with Gasteiger partial charge in [0.1, 0.15) is 5.82 Å². The van der Waals surface area contributed by atoms with E-state index < -0.39 is 5.41 Å². The number of hydrogen-bond donors (Lipinski definition) is 1. The molecule has 142 valence electrons. The molecule has 1 aliphatic carbocycles. The molecule has 1 aromatic carbocycles. The van der Waals surface area contributed by atoms with Gasteiger partial charge in [0.05, 0.1) is 30.4 Å². The molecule has 1 atom stereocenters. The maximum Gasteiger partial charge on any atom is 0.230 e. The summed E-state index contributed by atoms with van der Waals surface area (Å²) in [5.74, 6) is -0.263. The van der Waals surface area contributed by atoms with Gasteiger partial charge >= 0.3 is 0 Å². The number of nitrogens with zero attached hydrogens (tertiary/aromatic N) is 2. The van der Waals surface area contributed by atoms with Gasteiger partial charge in [-0.05, 0) is 42.7 Å². The smallest absolute Gasteiger partial charge is 0.230 e. The fraction of sp³-hybridized carbons (Fsp3) is 0.429. The van der Waals surface area contributed by atoms with Crippen molar-refractivity contribution in [3.8, 4) is 0 Å². The molecular formula is C21H24FN3O2. The average Bonchev–Trinajstić information content (AvgIpc) is 3.52. The lowest BCUT2D eigenvalue weighted by Gasteiger charge is -2.34. The zero-order valence-electron chi connectivity index (χ0n) is 15.2. The van der Waals surface area contributed by atoms with E-state index in [1.807, 2.05) is 18.2 Å². The summed E-state index contributed by atoms with van der Waals surface area (Å²) in [6.45, 7) is 3.52. The number of aromatic nitrogens is 1. The minimum Gasteiger partial charge on any atom is -0.379 e. The first-order chi connectivity index (χ1) is 13.2. The van der Waals surface area contributed by atoms with Crippen LogP contribution in [0.25, 0.3) is 0 Å². The predicted molar refractivity (Wildman–Crippen MR) is 99.7 cm³/mol. The van der Waals surface area contributed by atoms with Crippen LogP contribution in [0.2, 0.25) is 0 Å². The van der Waals surface area contributed by atoms with Gasteiger partial charge in [-0.2, -0.15) is 0 Å². The predicted octanol–water partition coefficient (Wildman–Crippen LogP) is 2.44. The number of morpholine rings is 1. The Balaban J connectivity index is 1.47. The summed E-state index contributed by atoms with van der Waals surface area (Å²) < 4.78 is 18.7. The SMILES string of the molecule is O=C(NCC(c1ccccn1)N1CCOCC1)C1(c2ccc(F)cc2)CC1. The first-order valence-corrected chi connectivity index (χ1v) is 9.46. The van der Waals surface area contributed by atoms with Gasteiger partial charge in [-0.15, -0.1) is 0 Å². The topological polar surface area (TPSA) is 54.5 Å². The molecule has 2 aromatic rings. The number of benzene rings is 1. The van der Waals surface area contributed by atoms with E-state index in [0.717, 1.165) is 37.2 Å². The minimum atomic E-state index is -0.507. The second-order valence-electron chi connectivity index (χ2n) is 7.22. The number of rotatable bonds is 6. The van der Waals surface area contributed by atoms with E-state index in [-0.39, 0.29) is 17.8 Å². The van der Waals surface area contributed by atoms with Crippen molar-refractivity contribution in [2.45, 2.75) is 24.3 Å². The monoisotopic (exact) mass is 369 g/mol. The first-order valence-electron chi connectivity index (χ1n) is 9.46. The average molecular weight is 369 g/mol. The standard InChI is InChI=1S/C21H24FN3O2/c22-17-6-4-16(5-7-17)21(8-9-21)20(26)24-15-19(18-3-1-2-10-23-18)25-11-13-27-14-12-25/h1-7,10,19H,8-9,11-15H2,(H,24,26). The number of nitrogens with one attached hydrogen (secondary N) is 1. The third-order valence-corrected chi connectivity index (χ3v) is 5.55. The molecule has 5 nitrogen and oxygen atoms in total. The molecular weight excluding hydrogens is 345 g/mol. The molecule has 1 N–H and O–H groups in total. The summed E-state index contributed by atoms with van der Waals surface area (Å²) >= 11 is 0. The molecule has 1 unspecified atom stereocenters. The first kappa shape index (κ1) is 18.1. The van der Waals surface area contributed by atoms with Crippen LogP contribution in [-0.4, -0.2) is 48.6 Å². The van der Waals surface area contributed by atoms with E-state index in [9.17, 15) is 9.18 Å². The Hall–Kier alpha value is -2.31. The van der Waals surface area contributed by atoms with Crippen molar-refractivity contribution in [1.82, 2.24) is 15.2 Å². The summed E-state index contributed by atoms with van der Waals surface area (Å²) in [6.07, 6.45) is 3.39. The van der Waals surface area contributed by atoms with E-state index >= 15 is 0 Å². The van der Waals surface area contributed by atoms with Crippen molar-refractivity contribution in [3.63, 3.8) is 0 Å². The zero-order valence-corrected chi connectivity index (χ0v) is 15.2. The highest BCUT2D eigenvalue weighted by atomic mass is 19.1. The highest BCUT2D eigenvalue weighted by molar-refractivity contribution is 5.91. The Morgan fingerprint density at radius 1 is 1.19 bits per heavy atom. The van der Waals surface area contributed by atoms with Crippen LogP contribution in [0, 0.1) is 5.82 Å². The van der Waals surface area contributed by atoms with Gasteiger partial charge in [0.25, 0.3) is 0 Å². The second-order valence-corrected chi connectivity index (χ2v) is 7.22. The van der Waals surface area contributed by atoms with Crippen LogP contribution in [0.15, 0.2) is 48.7 Å². The lowest BCUT2D eigenvalue weighted by Crippen LogP contribution is -2.45. The van der Waals surface area contributed by atoms with Gasteiger partial charge in [0.15, 0.2) is 0 Å². The van der Waals surface area contributed by atoms with Crippen molar-refractivity contribution in [3.05, 3.63) is 65.7 Å². The molecule has 0 spiro atoms. The van der Waals surface area contributed by atoms with Crippen molar-refractivity contribution < 1.29 is 13.9 Å². The Morgan fingerprint density at radius 2 is 1.93 bits per heavy atom. The molecule has 1 saturated carbocycles. The third-order valence-electron chi connectivity index (χ3n) is 5.55. The maximum atomic E-state index is 13.2. The van der Waals surface area contributed by atoms with Gasteiger partial charge in [-0.25, -0.2) is 4.39 Å². The van der Waals surface area contributed by atoms with Crippen molar-refractivity contribution in [1.29, 1.82) is 0 Å². The number of pyridine rings is 1. The van der Waals surface area contributed by atoms with Crippen LogP contribution >= 0.6 is 0 Å². The van der Waals surface area contributed by atoms with Gasteiger partial charge in [0.2, 0.25) is 5.91 Å². The van der Waals surface area contributed by atoms with E-state index in [2.05, 4.69) is 15.2 Å². The number of halogens is 1. The van der Waals surface area contributed by atoms with Crippen LogP contribution in [0.5, 0.6) is 0 Å². The summed E-state index contributed by atoms with van der Waals surface area (Å²) in [4.78, 5) is 19.8. The molecule has 0 radical (unpaired) electrons. The third kappa shape index (κ3) is 3.87. The quantitative estimate of drug-likeness (QED) is 0.850. The molecule has 2 heterocycles. The Labute approximate surface area is 158 Å². The lowest BCUT2D eigenvalue weighted by molar-refractivity contribution is -0.124. The molecule has 6 heteroatoms. The Kier molecular flexibility index (Phi) is 5.18. The van der Waals surface area contributed by atoms with Crippen LogP contribution in [0.3, 0.4) is 0 Å². The molecule has 1 amide bonds. The summed E-state index contributed by atoms with van der Waals surface area (Å²) in [6, 6.07) is 12.2. The van der Waals surface area contributed by atoms with Gasteiger partial charge < -0.3 is 10.1 Å². The number of amides is 1. The van der Waals surface area contributed by atoms with Crippen molar-refractivity contribution >= 4 is 5.91 Å². The number of hydrogen-bond acceptors (Lipinski definition) is 4. The highest BCUT2D eigenvalue weighted by Gasteiger charge is 2.51. The zero-order chi connectivity index (χ0) is 18.7. The summed E-state index contributed by atoms with van der Waals surface area (Å²) in [7, 11) is 0. The molecule has 0 bridgehead atoms. The Morgan fingerprint density at radius 3 is 2.56 bits per heavy atom. The molecule has 4 rings (SSSR count). The van der Waals surface area contributed by atoms with Gasteiger partial charge in [-0.3, -0.25) is 14.7 Å². The fourth-order valence-electron chi connectivity index (χ4n) is 3.78. The molecule has 27 heavy (non-hydrogen) atoms. The molecule has 1 aromatic heterocycles. The number of carbonyl (C=O) groups excluding carboxylic acids is 1. The molecule has 1 saturated heterocycles. The minimum absolute atomic E-state index is 0.0167. The number of ether oxygens (including phenoxy) is 1. The highest BCUT2D eigenvalue weighted by Crippen LogP contribution is 2.48. The Bertz CT molecular complexity index is 772. The summed E-state index contributed by atoms with van der Waals surface area (Å²) in [5.41, 5.74) is 1.33. The molecule has 2 fully saturated rings. The normalized spacial score (nSPS) is 20.0. The van der Waals surface area contributed by atoms with Crippen LogP contribution in [-0.2, 0) is 14.9 Å². The fourth-order valence-corrected chi connectivity index (χ4v) is 3.78. The van der Waals surface area contributed by atoms with Crippen molar-refractivity contribution in [2.75, 3.05) is 32.8 Å². The van der Waals surface area contributed by atoms with E-state index in [4.69, 9.17) is 4.74 Å². The largest absolute Gasteiger partial charge is 0.379 e. The second kappa shape index (κ2) is 7.74. The van der Waals surface area contributed by atoms with Gasteiger partial charge in [0, 0.05) is 25.8 Å². The summed E-state index contributed by atoms with van der Waals surface area (Å²) in [5, 5.41) is 3.14. The van der Waals surface area contributed by atoms with E-state index in [0.29, 0.717) is 19.8 Å². The van der Waals surface area contributed by atoms with Gasteiger partial charge in [-0.1, -0.05) is 18.2 Å². The molecule has 2 aliphatic rings. The van der Waals surface area contributed by atoms with Crippen LogP contribution < -0.4 is 5.32 Å². The van der Waals surface area contributed by atoms with E-state index in [1.165, 1.54) is 12.1 Å². The lowest BCUT2D eigenvalue weighted by atomic mass is 9.95. The van der Waals surface area contributed by atoms with Crippen molar-refractivity contribution in [2.24, 2.45) is 0 Å². The maximum absolute atomic E-state index is 13.2. The van der Waals surface area contributed by atoms with Crippen LogP contribution in [0.4, 0.5) is 4.39 Å². The van der Waals surface area contributed by atoms with E-state index in [1.54, 1.807) is 18.3 Å². The molecule has 1 aliphatic heterocycles. The number of carbonyl (C=O) groups is 1. The van der Waals surface area contributed by atoms with Crippen LogP contribution in [0.1, 0.15) is 30.1 Å².